The second-order valence-electron chi connectivity index (χ2n) is 8.37. The molecule has 1 fully saturated rings. The lowest BCUT2D eigenvalue weighted by atomic mass is 9.98. The number of rotatable bonds is 10. The third kappa shape index (κ3) is 7.93. The van der Waals surface area contributed by atoms with Gasteiger partial charge in [-0.1, -0.05) is 37.1 Å². The largest absolute Gasteiger partial charge is 0.378 e. The molecule has 2 aliphatic rings. The molecule has 1 aromatic carbocycles. The smallest absolute Gasteiger partial charge is 0.223 e. The van der Waals surface area contributed by atoms with E-state index in [1.54, 1.807) is 7.05 Å². The summed E-state index contributed by atoms with van der Waals surface area (Å²) >= 11 is 0. The number of nitrogens with zero attached hydrogens (tertiary/aromatic N) is 2. The van der Waals surface area contributed by atoms with E-state index in [4.69, 9.17) is 4.74 Å². The second kappa shape index (κ2) is 13.9. The normalized spacial score (nSPS) is 17.2. The molecule has 1 unspecified atom stereocenters. The van der Waals surface area contributed by atoms with Crippen molar-refractivity contribution in [1.29, 1.82) is 0 Å². The molecule has 0 bridgehead atoms. The van der Waals surface area contributed by atoms with Gasteiger partial charge in [0, 0.05) is 46.3 Å². The minimum absolute atomic E-state index is 0. The maximum absolute atomic E-state index is 12.5. The zero-order chi connectivity index (χ0) is 21.2. The first-order valence-corrected chi connectivity index (χ1v) is 11.6. The van der Waals surface area contributed by atoms with Crippen molar-refractivity contribution in [3.8, 4) is 0 Å². The molecule has 1 aliphatic carbocycles. The molecule has 1 heterocycles. The number of hydrogen-bond acceptors (Lipinski definition) is 3. The highest BCUT2D eigenvalue weighted by Gasteiger charge is 2.25. The summed E-state index contributed by atoms with van der Waals surface area (Å²) in [7, 11) is 1.79. The Labute approximate surface area is 204 Å². The van der Waals surface area contributed by atoms with Gasteiger partial charge in [0.1, 0.15) is 0 Å². The van der Waals surface area contributed by atoms with Crippen molar-refractivity contribution in [2.75, 3.05) is 26.7 Å². The lowest BCUT2D eigenvalue weighted by Gasteiger charge is -2.24. The Bertz CT molecular complexity index is 682. The Kier molecular flexibility index (Phi) is 11.6. The highest BCUT2D eigenvalue weighted by atomic mass is 127. The van der Waals surface area contributed by atoms with Crippen LogP contribution in [0.5, 0.6) is 0 Å². The zero-order valence-electron chi connectivity index (χ0n) is 19.1. The first kappa shape index (κ1) is 25.9. The van der Waals surface area contributed by atoms with Crippen LogP contribution in [0.4, 0.5) is 0 Å². The van der Waals surface area contributed by atoms with Crippen LogP contribution in [-0.4, -0.2) is 49.6 Å². The number of aliphatic imine (C=N–C) groups is 1. The molecule has 31 heavy (non-hydrogen) atoms. The van der Waals surface area contributed by atoms with Crippen molar-refractivity contribution in [2.45, 2.75) is 71.1 Å². The zero-order valence-corrected chi connectivity index (χ0v) is 21.4. The first-order valence-electron chi connectivity index (χ1n) is 11.6. The maximum atomic E-state index is 12.5. The standard InChI is InChI=1S/C24H38N4O2.HI/c1-3-30-22(19-9-4-5-10-19)14-16-27-24(25-2)26-15-8-13-23(29)28-17-20-11-6-7-12-21(20)18-28;/h6-7,11-12,19,22H,3-5,8-10,13-18H2,1-2H3,(H2,25,26,27);1H. The number of guanidine groups is 1. The third-order valence-electron chi connectivity index (χ3n) is 6.30. The third-order valence-corrected chi connectivity index (χ3v) is 6.30. The summed E-state index contributed by atoms with van der Waals surface area (Å²) in [6, 6.07) is 8.31. The lowest BCUT2D eigenvalue weighted by Crippen LogP contribution is -2.40. The van der Waals surface area contributed by atoms with Crippen molar-refractivity contribution in [3.63, 3.8) is 0 Å². The highest BCUT2D eigenvalue weighted by Crippen LogP contribution is 2.30. The molecule has 0 saturated heterocycles. The van der Waals surface area contributed by atoms with Gasteiger partial charge in [0.2, 0.25) is 5.91 Å². The topological polar surface area (TPSA) is 66.0 Å². The summed E-state index contributed by atoms with van der Waals surface area (Å²) in [4.78, 5) is 18.8. The van der Waals surface area contributed by atoms with E-state index in [-0.39, 0.29) is 29.9 Å². The fourth-order valence-electron chi connectivity index (χ4n) is 4.67. The molecule has 1 amide bonds. The van der Waals surface area contributed by atoms with E-state index in [2.05, 4.69) is 34.7 Å². The maximum Gasteiger partial charge on any atom is 0.223 e. The number of benzene rings is 1. The van der Waals surface area contributed by atoms with Crippen LogP contribution in [0.3, 0.4) is 0 Å². The molecule has 174 valence electrons. The molecule has 0 radical (unpaired) electrons. The summed E-state index contributed by atoms with van der Waals surface area (Å²) in [5.74, 6) is 1.74. The average Bonchev–Trinajstić information content (AvgIpc) is 3.44. The van der Waals surface area contributed by atoms with E-state index in [0.717, 1.165) is 51.6 Å². The van der Waals surface area contributed by atoms with Gasteiger partial charge in [-0.3, -0.25) is 9.79 Å². The van der Waals surface area contributed by atoms with Crippen LogP contribution in [0.1, 0.15) is 63.0 Å². The van der Waals surface area contributed by atoms with Gasteiger partial charge in [-0.2, -0.15) is 0 Å². The summed E-state index contributed by atoms with van der Waals surface area (Å²) in [6.45, 7) is 5.94. The molecular formula is C24H39IN4O2. The number of fused-ring (bicyclic) bond motifs is 1. The number of halogens is 1. The predicted molar refractivity (Wildman–Crippen MR) is 137 cm³/mol. The number of hydrogen-bond donors (Lipinski definition) is 2. The fourth-order valence-corrected chi connectivity index (χ4v) is 4.67. The van der Waals surface area contributed by atoms with Crippen molar-refractivity contribution >= 4 is 35.8 Å². The Morgan fingerprint density at radius 3 is 2.42 bits per heavy atom. The number of ether oxygens (including phenoxy) is 1. The Morgan fingerprint density at radius 2 is 1.81 bits per heavy atom. The number of amides is 1. The van der Waals surface area contributed by atoms with Gasteiger partial charge in [0.25, 0.3) is 0 Å². The minimum Gasteiger partial charge on any atom is -0.378 e. The molecule has 7 heteroatoms. The first-order chi connectivity index (χ1) is 14.7. The summed E-state index contributed by atoms with van der Waals surface area (Å²) in [5.41, 5.74) is 2.55. The van der Waals surface area contributed by atoms with E-state index in [1.807, 2.05) is 17.0 Å². The Hall–Kier alpha value is -1.35. The second-order valence-corrected chi connectivity index (χ2v) is 8.37. The van der Waals surface area contributed by atoms with E-state index >= 15 is 0 Å². The summed E-state index contributed by atoms with van der Waals surface area (Å²) in [6.07, 6.45) is 8.00. The van der Waals surface area contributed by atoms with Crippen molar-refractivity contribution in [2.24, 2.45) is 10.9 Å². The molecule has 3 rings (SSSR count). The quantitative estimate of drug-likeness (QED) is 0.203. The minimum atomic E-state index is 0. The summed E-state index contributed by atoms with van der Waals surface area (Å²) < 4.78 is 6.00. The molecule has 1 aliphatic heterocycles. The van der Waals surface area contributed by atoms with Gasteiger partial charge in [-0.15, -0.1) is 24.0 Å². The molecule has 2 N–H and O–H groups in total. The molecule has 0 aromatic heterocycles. The number of nitrogens with one attached hydrogen (secondary N) is 2. The van der Waals surface area contributed by atoms with E-state index < -0.39 is 0 Å². The molecule has 0 spiro atoms. The molecule has 6 nitrogen and oxygen atoms in total. The molecular weight excluding hydrogens is 503 g/mol. The number of carbonyl (C=O) groups excluding carboxylic acids is 1. The van der Waals surface area contributed by atoms with E-state index in [1.165, 1.54) is 36.8 Å². The van der Waals surface area contributed by atoms with Crippen LogP contribution >= 0.6 is 24.0 Å². The van der Waals surface area contributed by atoms with E-state index in [9.17, 15) is 4.79 Å². The van der Waals surface area contributed by atoms with Gasteiger partial charge in [0.05, 0.1) is 6.10 Å². The van der Waals surface area contributed by atoms with Gasteiger partial charge in [-0.25, -0.2) is 0 Å². The SMILES string of the molecule is CCOC(CCNC(=NC)NCCCC(=O)N1Cc2ccccc2C1)C1CCCC1.I. The van der Waals surface area contributed by atoms with Crippen molar-refractivity contribution in [1.82, 2.24) is 15.5 Å². The van der Waals surface area contributed by atoms with Crippen LogP contribution in [-0.2, 0) is 22.6 Å². The highest BCUT2D eigenvalue weighted by molar-refractivity contribution is 14.0. The lowest BCUT2D eigenvalue weighted by molar-refractivity contribution is -0.131. The van der Waals surface area contributed by atoms with Crippen molar-refractivity contribution in [3.05, 3.63) is 35.4 Å². The van der Waals surface area contributed by atoms with Crippen LogP contribution < -0.4 is 10.6 Å². The fraction of sp³-hybridized carbons (Fsp3) is 0.667. The monoisotopic (exact) mass is 542 g/mol. The molecule has 1 aromatic rings. The van der Waals surface area contributed by atoms with Gasteiger partial charge < -0.3 is 20.3 Å². The summed E-state index contributed by atoms with van der Waals surface area (Å²) in [5, 5.41) is 6.74. The van der Waals surface area contributed by atoms with Crippen LogP contribution in [0.25, 0.3) is 0 Å². The van der Waals surface area contributed by atoms with Crippen molar-refractivity contribution < 1.29 is 9.53 Å². The Balaban J connectivity index is 0.00000341. The number of carbonyl (C=O) groups is 1. The average molecular weight is 543 g/mol. The van der Waals surface area contributed by atoms with Gasteiger partial charge in [0.15, 0.2) is 5.96 Å². The van der Waals surface area contributed by atoms with Gasteiger partial charge in [-0.05, 0) is 49.7 Å². The van der Waals surface area contributed by atoms with Gasteiger partial charge >= 0.3 is 0 Å². The van der Waals surface area contributed by atoms with Crippen LogP contribution in [0.2, 0.25) is 0 Å². The Morgan fingerprint density at radius 1 is 1.16 bits per heavy atom. The molecule has 1 saturated carbocycles. The van der Waals surface area contributed by atoms with E-state index in [0.29, 0.717) is 18.4 Å². The predicted octanol–water partition coefficient (Wildman–Crippen LogP) is 4.08. The van der Waals surface area contributed by atoms with Crippen LogP contribution in [0.15, 0.2) is 29.3 Å². The molecule has 1 atom stereocenters. The van der Waals surface area contributed by atoms with Crippen LogP contribution in [0, 0.1) is 5.92 Å².